The number of nitrogens with two attached hydrogens (primary N) is 1. The second-order valence-corrected chi connectivity index (χ2v) is 7.71. The topological polar surface area (TPSA) is 46.8 Å². The van der Waals surface area contributed by atoms with E-state index in [1.54, 1.807) is 6.07 Å². The van der Waals surface area contributed by atoms with E-state index in [-0.39, 0.29) is 11.7 Å². The molecule has 146 valence electrons. The normalized spacial score (nSPS) is 12.2. The Labute approximate surface area is 171 Å². The molecule has 0 saturated heterocycles. The van der Waals surface area contributed by atoms with E-state index in [0.29, 0.717) is 12.1 Å². The molecule has 0 aliphatic heterocycles. The van der Waals surface area contributed by atoms with Crippen LogP contribution < -0.4 is 10.9 Å². The van der Waals surface area contributed by atoms with Gasteiger partial charge in [-0.1, -0.05) is 72.3 Å². The molecule has 0 unspecified atom stereocenters. The number of hydrogen-bond donors (Lipinski definition) is 1. The second kappa shape index (κ2) is 8.06. The molecule has 3 heteroatoms. The zero-order valence-electron chi connectivity index (χ0n) is 17.1. The molecule has 0 radical (unpaired) electrons. The lowest BCUT2D eigenvalue weighted by atomic mass is 9.97. The Morgan fingerprint density at radius 2 is 1.55 bits per heavy atom. The molecular weight excluding hydrogens is 358 g/mol. The lowest BCUT2D eigenvalue weighted by molar-refractivity contribution is -0.702. The predicted octanol–water partition coefficient (Wildman–Crippen LogP) is 4.57. The Morgan fingerprint density at radius 1 is 0.862 bits per heavy atom. The van der Waals surface area contributed by atoms with Gasteiger partial charge in [-0.3, -0.25) is 0 Å². The lowest BCUT2D eigenvalue weighted by Gasteiger charge is -2.17. The maximum atomic E-state index is 12.2. The van der Waals surface area contributed by atoms with Gasteiger partial charge in [-0.2, -0.15) is 0 Å². The van der Waals surface area contributed by atoms with E-state index in [2.05, 4.69) is 72.9 Å². The molecule has 0 fully saturated rings. The molecule has 4 aromatic rings. The van der Waals surface area contributed by atoms with E-state index in [1.165, 1.54) is 16.7 Å². The highest BCUT2D eigenvalue weighted by atomic mass is 16.4. The van der Waals surface area contributed by atoms with Crippen molar-refractivity contribution in [2.24, 2.45) is 0 Å². The summed E-state index contributed by atoms with van der Waals surface area (Å²) in [7, 11) is 0. The van der Waals surface area contributed by atoms with Crippen LogP contribution in [-0.2, 0) is 6.54 Å². The van der Waals surface area contributed by atoms with Crippen molar-refractivity contribution in [3.63, 3.8) is 0 Å². The molecule has 29 heavy (non-hydrogen) atoms. The Bertz CT molecular complexity index is 1190. The molecule has 3 aromatic carbocycles. The summed E-state index contributed by atoms with van der Waals surface area (Å²) < 4.78 is 5.53. The summed E-state index contributed by atoms with van der Waals surface area (Å²) in [5, 5.41) is 3.31. The van der Waals surface area contributed by atoms with Gasteiger partial charge in [0.15, 0.2) is 0 Å². The summed E-state index contributed by atoms with van der Waals surface area (Å²) in [6.45, 7) is 6.84. The first kappa shape index (κ1) is 19.2. The molecule has 1 atom stereocenters. The molecule has 0 aliphatic rings. The maximum absolute atomic E-state index is 12.2. The average Bonchev–Trinajstić information content (AvgIpc) is 2.73. The zero-order valence-corrected chi connectivity index (χ0v) is 17.1. The monoisotopic (exact) mass is 384 g/mol. The number of quaternary nitrogens is 1. The Morgan fingerprint density at radius 3 is 2.28 bits per heavy atom. The Kier molecular flexibility index (Phi) is 5.32. The minimum atomic E-state index is -0.291. The lowest BCUT2D eigenvalue weighted by Crippen LogP contribution is -2.84. The van der Waals surface area contributed by atoms with Gasteiger partial charge in [-0.05, 0) is 31.9 Å². The smallest absolute Gasteiger partial charge is 0.336 e. The van der Waals surface area contributed by atoms with Crippen LogP contribution in [0.3, 0.4) is 0 Å². The highest BCUT2D eigenvalue weighted by Crippen LogP contribution is 2.24. The van der Waals surface area contributed by atoms with Crippen LogP contribution in [0.2, 0.25) is 0 Å². The van der Waals surface area contributed by atoms with Crippen LogP contribution in [0.4, 0.5) is 0 Å². The van der Waals surface area contributed by atoms with Gasteiger partial charge in [0.1, 0.15) is 18.2 Å². The van der Waals surface area contributed by atoms with Crippen LogP contribution in [0.1, 0.15) is 39.4 Å². The molecular formula is C26H26NO2+. The van der Waals surface area contributed by atoms with Gasteiger partial charge in [0.25, 0.3) is 0 Å². The third-order valence-electron chi connectivity index (χ3n) is 5.69. The highest BCUT2D eigenvalue weighted by molar-refractivity contribution is 5.83. The number of hydrogen-bond acceptors (Lipinski definition) is 2. The van der Waals surface area contributed by atoms with Gasteiger partial charge in [0, 0.05) is 28.1 Å². The fraction of sp³-hybridized carbons (Fsp3) is 0.192. The van der Waals surface area contributed by atoms with Crippen molar-refractivity contribution in [1.29, 1.82) is 0 Å². The second-order valence-electron chi connectivity index (χ2n) is 7.71. The molecule has 0 amide bonds. The van der Waals surface area contributed by atoms with Crippen LogP contribution in [0.5, 0.6) is 0 Å². The first-order valence-corrected chi connectivity index (χ1v) is 10.0. The SMILES string of the molecule is Cc1ccc([C@@H]([NH2+]Cc2cc(=O)oc3c(C)c(C)ccc23)c2ccccc2)cc1. The Balaban J connectivity index is 1.72. The van der Waals surface area contributed by atoms with E-state index in [1.807, 2.05) is 19.9 Å². The third kappa shape index (κ3) is 4.01. The number of benzene rings is 3. The number of fused-ring (bicyclic) bond motifs is 1. The third-order valence-corrected chi connectivity index (χ3v) is 5.69. The van der Waals surface area contributed by atoms with Crippen molar-refractivity contribution in [2.75, 3.05) is 0 Å². The predicted molar refractivity (Wildman–Crippen MR) is 117 cm³/mol. The zero-order chi connectivity index (χ0) is 20.4. The number of aryl methyl sites for hydroxylation is 3. The molecule has 3 nitrogen and oxygen atoms in total. The summed E-state index contributed by atoms with van der Waals surface area (Å²) in [6, 6.07) is 25.1. The summed E-state index contributed by atoms with van der Waals surface area (Å²) in [5.41, 5.74) is 7.32. The molecule has 0 bridgehead atoms. The first-order chi connectivity index (χ1) is 14.0. The van der Waals surface area contributed by atoms with Gasteiger partial charge in [-0.25, -0.2) is 4.79 Å². The standard InChI is InChI=1S/C26H25NO2/c1-17-9-12-21(13-10-17)25(20-7-5-4-6-8-20)27-16-22-15-24(28)29-26-19(3)18(2)11-14-23(22)26/h4-15,25,27H,16H2,1-3H3/p+1/t25-/m0/s1. The molecule has 0 aliphatic carbocycles. The molecule has 0 saturated carbocycles. The largest absolute Gasteiger partial charge is 0.422 e. The van der Waals surface area contributed by atoms with Crippen LogP contribution in [0.15, 0.2) is 82.0 Å². The van der Waals surface area contributed by atoms with Crippen LogP contribution >= 0.6 is 0 Å². The summed E-state index contributed by atoms with van der Waals surface area (Å²) in [4.78, 5) is 12.2. The van der Waals surface area contributed by atoms with E-state index in [9.17, 15) is 4.79 Å². The minimum absolute atomic E-state index is 0.158. The van der Waals surface area contributed by atoms with Crippen molar-refractivity contribution >= 4 is 11.0 Å². The highest BCUT2D eigenvalue weighted by Gasteiger charge is 2.19. The average molecular weight is 384 g/mol. The van der Waals surface area contributed by atoms with E-state index >= 15 is 0 Å². The quantitative estimate of drug-likeness (QED) is 0.512. The molecule has 1 aromatic heterocycles. The molecule has 2 N–H and O–H groups in total. The van der Waals surface area contributed by atoms with Gasteiger partial charge in [-0.15, -0.1) is 0 Å². The summed E-state index contributed by atoms with van der Waals surface area (Å²) in [6.07, 6.45) is 0. The van der Waals surface area contributed by atoms with Gasteiger partial charge in [0.2, 0.25) is 0 Å². The van der Waals surface area contributed by atoms with Gasteiger partial charge in [0.05, 0.1) is 0 Å². The number of rotatable bonds is 5. The van der Waals surface area contributed by atoms with Crippen molar-refractivity contribution in [1.82, 2.24) is 0 Å². The molecule has 1 heterocycles. The van der Waals surface area contributed by atoms with Crippen molar-refractivity contribution in [3.05, 3.63) is 117 Å². The van der Waals surface area contributed by atoms with Crippen LogP contribution in [-0.4, -0.2) is 0 Å². The minimum Gasteiger partial charge on any atom is -0.422 e. The summed E-state index contributed by atoms with van der Waals surface area (Å²) >= 11 is 0. The van der Waals surface area contributed by atoms with Crippen LogP contribution in [0.25, 0.3) is 11.0 Å². The van der Waals surface area contributed by atoms with E-state index < -0.39 is 0 Å². The van der Waals surface area contributed by atoms with Gasteiger partial charge >= 0.3 is 5.63 Å². The molecule has 4 rings (SSSR count). The van der Waals surface area contributed by atoms with Crippen molar-refractivity contribution < 1.29 is 9.73 Å². The fourth-order valence-electron chi connectivity index (χ4n) is 3.84. The van der Waals surface area contributed by atoms with Crippen LogP contribution in [0, 0.1) is 20.8 Å². The van der Waals surface area contributed by atoms with E-state index in [4.69, 9.17) is 4.42 Å². The Hall–Kier alpha value is -3.17. The van der Waals surface area contributed by atoms with E-state index in [0.717, 1.165) is 22.1 Å². The maximum Gasteiger partial charge on any atom is 0.336 e. The van der Waals surface area contributed by atoms with Crippen molar-refractivity contribution in [3.8, 4) is 0 Å². The van der Waals surface area contributed by atoms with Crippen molar-refractivity contribution in [2.45, 2.75) is 33.4 Å². The first-order valence-electron chi connectivity index (χ1n) is 10.0. The fourth-order valence-corrected chi connectivity index (χ4v) is 3.84. The van der Waals surface area contributed by atoms with Gasteiger partial charge < -0.3 is 9.73 Å². The summed E-state index contributed by atoms with van der Waals surface area (Å²) in [5.74, 6) is 0. The molecule has 0 spiro atoms.